The fourth-order valence-electron chi connectivity index (χ4n) is 4.30. The molecule has 2 amide bonds. The predicted octanol–water partition coefficient (Wildman–Crippen LogP) is 4.86. The lowest BCUT2D eigenvalue weighted by Gasteiger charge is -2.29. The van der Waals surface area contributed by atoms with Crippen molar-refractivity contribution in [2.24, 2.45) is 0 Å². The van der Waals surface area contributed by atoms with Crippen molar-refractivity contribution in [1.82, 2.24) is 14.5 Å². The van der Waals surface area contributed by atoms with E-state index >= 15 is 0 Å². The van der Waals surface area contributed by atoms with E-state index in [-0.39, 0.29) is 24.7 Å². The third-order valence-corrected chi connectivity index (χ3v) is 6.38. The number of anilines is 2. The number of nitrogens with zero attached hydrogens (tertiary/aromatic N) is 3. The van der Waals surface area contributed by atoms with Crippen molar-refractivity contribution in [2.75, 3.05) is 24.3 Å². The second-order valence-electron chi connectivity index (χ2n) is 8.91. The highest BCUT2D eigenvalue weighted by molar-refractivity contribution is 5.89. The number of benzene rings is 3. The third-order valence-electron chi connectivity index (χ3n) is 6.38. The molecule has 0 spiro atoms. The van der Waals surface area contributed by atoms with Gasteiger partial charge in [0.15, 0.2) is 11.6 Å². The predicted molar refractivity (Wildman–Crippen MR) is 140 cm³/mol. The van der Waals surface area contributed by atoms with E-state index in [2.05, 4.69) is 10.6 Å². The van der Waals surface area contributed by atoms with Crippen LogP contribution < -0.4 is 20.9 Å². The zero-order valence-electron chi connectivity index (χ0n) is 20.9. The first-order valence-corrected chi connectivity index (χ1v) is 12.1. The Bertz CT molecular complexity index is 1570. The third kappa shape index (κ3) is 5.57. The number of rotatable bonds is 6. The Kier molecular flexibility index (Phi) is 7.22. The monoisotopic (exact) mass is 535 g/mol. The highest BCUT2D eigenvalue weighted by atomic mass is 19.2. The molecule has 0 radical (unpaired) electrons. The van der Waals surface area contributed by atoms with Crippen LogP contribution in [0.2, 0.25) is 0 Å². The maximum Gasteiger partial charge on any atom is 0.322 e. The SMILES string of the molecule is COc1ccc(CNc2nc3c(c(=O)n2-c2ccc(F)cc2)CN(C(=O)Nc2ccc(F)c(F)c2)CC3)cc1. The number of hydrogen-bond donors (Lipinski definition) is 2. The fraction of sp³-hybridized carbons (Fsp3) is 0.179. The van der Waals surface area contributed by atoms with E-state index in [0.717, 1.165) is 17.7 Å². The summed E-state index contributed by atoms with van der Waals surface area (Å²) in [6.45, 7) is 0.573. The lowest BCUT2D eigenvalue weighted by atomic mass is 10.1. The molecule has 0 unspecified atom stereocenters. The molecular formula is C28H24F3N5O3. The number of nitrogens with one attached hydrogen (secondary N) is 2. The molecule has 1 aliphatic heterocycles. The van der Waals surface area contributed by atoms with E-state index in [0.29, 0.717) is 35.7 Å². The van der Waals surface area contributed by atoms with Crippen LogP contribution in [0.4, 0.5) is 29.6 Å². The Morgan fingerprint density at radius 2 is 1.74 bits per heavy atom. The average Bonchev–Trinajstić information content (AvgIpc) is 2.95. The molecule has 2 heterocycles. The van der Waals surface area contributed by atoms with Gasteiger partial charge in [-0.05, 0) is 54.1 Å². The molecule has 0 saturated heterocycles. The first kappa shape index (κ1) is 25.8. The van der Waals surface area contributed by atoms with Crippen LogP contribution >= 0.6 is 0 Å². The summed E-state index contributed by atoms with van der Waals surface area (Å²) in [5.41, 5.74) is 1.85. The second-order valence-corrected chi connectivity index (χ2v) is 8.91. The summed E-state index contributed by atoms with van der Waals surface area (Å²) in [5.74, 6) is -1.57. The average molecular weight is 536 g/mol. The molecule has 0 atom stereocenters. The summed E-state index contributed by atoms with van der Waals surface area (Å²) in [6.07, 6.45) is 0.303. The van der Waals surface area contributed by atoms with Crippen molar-refractivity contribution in [3.63, 3.8) is 0 Å². The summed E-state index contributed by atoms with van der Waals surface area (Å²) in [5, 5.41) is 5.73. The lowest BCUT2D eigenvalue weighted by molar-refractivity contribution is 0.205. The highest BCUT2D eigenvalue weighted by Gasteiger charge is 2.27. The van der Waals surface area contributed by atoms with Gasteiger partial charge in [0.1, 0.15) is 11.6 Å². The van der Waals surface area contributed by atoms with Gasteiger partial charge in [-0.3, -0.25) is 4.79 Å². The van der Waals surface area contributed by atoms with Gasteiger partial charge < -0.3 is 20.3 Å². The first-order chi connectivity index (χ1) is 18.8. The maximum absolute atomic E-state index is 13.7. The molecule has 0 saturated carbocycles. The van der Waals surface area contributed by atoms with Gasteiger partial charge in [0.05, 0.1) is 30.6 Å². The van der Waals surface area contributed by atoms with Crippen LogP contribution in [0, 0.1) is 17.5 Å². The smallest absolute Gasteiger partial charge is 0.322 e. The maximum atomic E-state index is 13.7. The fourth-order valence-corrected chi connectivity index (χ4v) is 4.30. The molecule has 200 valence electrons. The van der Waals surface area contributed by atoms with Gasteiger partial charge in [-0.2, -0.15) is 0 Å². The molecule has 4 aromatic rings. The van der Waals surface area contributed by atoms with Crippen molar-refractivity contribution in [3.8, 4) is 11.4 Å². The second kappa shape index (κ2) is 10.9. The summed E-state index contributed by atoms with van der Waals surface area (Å²) >= 11 is 0. The normalized spacial score (nSPS) is 12.6. The number of carbonyl (C=O) groups is 1. The van der Waals surface area contributed by atoms with E-state index in [1.165, 1.54) is 39.8 Å². The Labute approximate surface area is 221 Å². The number of halogens is 3. The zero-order valence-corrected chi connectivity index (χ0v) is 20.9. The van der Waals surface area contributed by atoms with E-state index in [1.54, 1.807) is 7.11 Å². The zero-order chi connectivity index (χ0) is 27.5. The van der Waals surface area contributed by atoms with Gasteiger partial charge in [-0.1, -0.05) is 12.1 Å². The van der Waals surface area contributed by atoms with Crippen molar-refractivity contribution in [3.05, 3.63) is 111 Å². The summed E-state index contributed by atoms with van der Waals surface area (Å²) < 4.78 is 47.0. The van der Waals surface area contributed by atoms with E-state index in [1.807, 2.05) is 24.3 Å². The number of urea groups is 1. The summed E-state index contributed by atoms with van der Waals surface area (Å²) in [7, 11) is 1.58. The van der Waals surface area contributed by atoms with E-state index in [9.17, 15) is 22.8 Å². The Morgan fingerprint density at radius 3 is 2.44 bits per heavy atom. The van der Waals surface area contributed by atoms with Crippen LogP contribution in [-0.2, 0) is 19.5 Å². The minimum absolute atomic E-state index is 0.0450. The van der Waals surface area contributed by atoms with Crippen LogP contribution in [0.1, 0.15) is 16.8 Å². The molecule has 39 heavy (non-hydrogen) atoms. The molecule has 0 bridgehead atoms. The van der Waals surface area contributed by atoms with Gasteiger partial charge in [-0.25, -0.2) is 27.5 Å². The Morgan fingerprint density at radius 1 is 1.00 bits per heavy atom. The number of ether oxygens (including phenoxy) is 1. The van der Waals surface area contributed by atoms with E-state index < -0.39 is 29.0 Å². The molecular weight excluding hydrogens is 511 g/mol. The molecule has 3 aromatic carbocycles. The van der Waals surface area contributed by atoms with Crippen LogP contribution in [0.15, 0.2) is 71.5 Å². The number of aromatic nitrogens is 2. The van der Waals surface area contributed by atoms with Crippen molar-refractivity contribution in [2.45, 2.75) is 19.5 Å². The van der Waals surface area contributed by atoms with Crippen molar-refractivity contribution in [1.29, 1.82) is 0 Å². The summed E-state index contributed by atoms with van der Waals surface area (Å²) in [4.78, 5) is 32.7. The number of hydrogen-bond acceptors (Lipinski definition) is 5. The van der Waals surface area contributed by atoms with Gasteiger partial charge in [0, 0.05) is 31.3 Å². The van der Waals surface area contributed by atoms with Crippen molar-refractivity contribution < 1.29 is 22.7 Å². The molecule has 8 nitrogen and oxygen atoms in total. The molecule has 2 N–H and O–H groups in total. The van der Waals surface area contributed by atoms with E-state index in [4.69, 9.17) is 9.72 Å². The van der Waals surface area contributed by atoms with Crippen LogP contribution in [0.5, 0.6) is 5.75 Å². The molecule has 0 fully saturated rings. The van der Waals surface area contributed by atoms with Crippen LogP contribution in [0.3, 0.4) is 0 Å². The number of amides is 2. The number of methoxy groups -OCH3 is 1. The minimum Gasteiger partial charge on any atom is -0.497 e. The van der Waals surface area contributed by atoms with Gasteiger partial charge in [0.25, 0.3) is 5.56 Å². The quantitative estimate of drug-likeness (QED) is 0.368. The lowest BCUT2D eigenvalue weighted by Crippen LogP contribution is -2.43. The molecule has 11 heteroatoms. The molecule has 1 aromatic heterocycles. The van der Waals surface area contributed by atoms with Crippen LogP contribution in [0.25, 0.3) is 5.69 Å². The molecule has 1 aliphatic rings. The van der Waals surface area contributed by atoms with Crippen LogP contribution in [-0.4, -0.2) is 34.1 Å². The highest BCUT2D eigenvalue weighted by Crippen LogP contribution is 2.22. The molecule has 5 rings (SSSR count). The van der Waals surface area contributed by atoms with Gasteiger partial charge in [-0.15, -0.1) is 0 Å². The largest absolute Gasteiger partial charge is 0.497 e. The first-order valence-electron chi connectivity index (χ1n) is 12.1. The minimum atomic E-state index is -1.09. The Balaban J connectivity index is 1.44. The topological polar surface area (TPSA) is 88.5 Å². The van der Waals surface area contributed by atoms with Crippen molar-refractivity contribution >= 4 is 17.7 Å². The van der Waals surface area contributed by atoms with Gasteiger partial charge in [0.2, 0.25) is 5.95 Å². The summed E-state index contributed by atoms with van der Waals surface area (Å²) in [6, 6.07) is 15.3. The van der Waals surface area contributed by atoms with Gasteiger partial charge >= 0.3 is 6.03 Å². The Hall–Kier alpha value is -4.80. The number of fused-ring (bicyclic) bond motifs is 1. The standard InChI is InChI=1S/C28H24F3N5O3/c1-39-21-9-2-17(3-10-21)15-32-27-34-25-12-13-35(28(38)33-19-6-11-23(30)24(31)14-19)16-22(25)26(37)36(27)20-7-4-18(29)5-8-20/h2-11,14H,12-13,15-16H2,1H3,(H,32,34)(H,33,38). The number of carbonyl (C=O) groups excluding carboxylic acids is 1. The molecule has 0 aliphatic carbocycles.